The van der Waals surface area contributed by atoms with E-state index in [9.17, 15) is 9.59 Å². The first kappa shape index (κ1) is 21.5. The minimum absolute atomic E-state index is 0.00343. The number of anilines is 1. The molecule has 1 saturated heterocycles. The molecule has 35 heavy (non-hydrogen) atoms. The maximum Gasteiger partial charge on any atom is 0.255 e. The van der Waals surface area contributed by atoms with E-state index >= 15 is 0 Å². The maximum absolute atomic E-state index is 13.7. The fourth-order valence-electron chi connectivity index (χ4n) is 5.58. The van der Waals surface area contributed by atoms with Gasteiger partial charge in [0.2, 0.25) is 5.91 Å². The van der Waals surface area contributed by atoms with E-state index in [4.69, 9.17) is 0 Å². The second-order valence-corrected chi connectivity index (χ2v) is 9.32. The third kappa shape index (κ3) is 3.57. The molecule has 1 N–H and O–H groups in total. The average Bonchev–Trinajstić information content (AvgIpc) is 3.47. The molecule has 4 aromatic rings. The van der Waals surface area contributed by atoms with Gasteiger partial charge in [0, 0.05) is 60.1 Å². The standard InChI is InChI=1S/C29H28N4O2/c1-20(28(34)32-17-15-31(16-18-32)21-9-3-2-4-10-21)33-27(23-12-5-6-13-24(23)29(33)35)25-19-30-26-14-8-7-11-22(25)26/h2-14,19-20,27,30H,15-18H2,1H3/t20-,27+/m0/s1. The van der Waals surface area contributed by atoms with E-state index in [-0.39, 0.29) is 17.9 Å². The molecule has 1 aromatic heterocycles. The fraction of sp³-hybridized carbons (Fsp3) is 0.241. The van der Waals surface area contributed by atoms with Crippen LogP contribution in [0.25, 0.3) is 10.9 Å². The Morgan fingerprint density at radius 2 is 1.54 bits per heavy atom. The smallest absolute Gasteiger partial charge is 0.255 e. The summed E-state index contributed by atoms with van der Waals surface area (Å²) < 4.78 is 0. The molecule has 0 radical (unpaired) electrons. The Labute approximate surface area is 204 Å². The predicted molar refractivity (Wildman–Crippen MR) is 137 cm³/mol. The highest BCUT2D eigenvalue weighted by Crippen LogP contribution is 2.42. The van der Waals surface area contributed by atoms with Crippen LogP contribution in [0.2, 0.25) is 0 Å². The molecule has 3 heterocycles. The summed E-state index contributed by atoms with van der Waals surface area (Å²) in [6.45, 7) is 4.72. The van der Waals surface area contributed by atoms with Gasteiger partial charge in [0.1, 0.15) is 6.04 Å². The first-order valence-corrected chi connectivity index (χ1v) is 12.2. The summed E-state index contributed by atoms with van der Waals surface area (Å²) in [5.74, 6) is -0.0802. The highest BCUT2D eigenvalue weighted by molar-refractivity contribution is 6.03. The SMILES string of the molecule is C[C@@H](C(=O)N1CCN(c2ccccc2)CC1)N1C(=O)c2ccccc2[C@@H]1c1c[nH]c2ccccc12. The van der Waals surface area contributed by atoms with Gasteiger partial charge in [0.25, 0.3) is 5.91 Å². The summed E-state index contributed by atoms with van der Waals surface area (Å²) in [6, 6.07) is 25.3. The summed E-state index contributed by atoms with van der Waals surface area (Å²) in [6.07, 6.45) is 1.98. The summed E-state index contributed by atoms with van der Waals surface area (Å²) in [4.78, 5) is 36.7. The van der Waals surface area contributed by atoms with Gasteiger partial charge in [0.05, 0.1) is 6.04 Å². The number of aromatic amines is 1. The first-order valence-electron chi connectivity index (χ1n) is 12.2. The Kier molecular flexibility index (Phi) is 5.29. The highest BCUT2D eigenvalue weighted by atomic mass is 16.2. The van der Waals surface area contributed by atoms with Crippen molar-refractivity contribution in [2.24, 2.45) is 0 Å². The molecule has 2 atom stereocenters. The van der Waals surface area contributed by atoms with Crippen LogP contribution in [0, 0.1) is 0 Å². The topological polar surface area (TPSA) is 59.7 Å². The van der Waals surface area contributed by atoms with Crippen molar-refractivity contribution in [1.29, 1.82) is 0 Å². The predicted octanol–water partition coefficient (Wildman–Crippen LogP) is 4.45. The highest BCUT2D eigenvalue weighted by Gasteiger charge is 2.44. The fourth-order valence-corrected chi connectivity index (χ4v) is 5.58. The van der Waals surface area contributed by atoms with Crippen LogP contribution in [0.1, 0.15) is 34.5 Å². The van der Waals surface area contributed by atoms with Crippen molar-refractivity contribution in [1.82, 2.24) is 14.8 Å². The van der Waals surface area contributed by atoms with Crippen molar-refractivity contribution < 1.29 is 9.59 Å². The number of piperazine rings is 1. The van der Waals surface area contributed by atoms with Crippen LogP contribution in [0.3, 0.4) is 0 Å². The van der Waals surface area contributed by atoms with Gasteiger partial charge in [-0.3, -0.25) is 9.59 Å². The van der Waals surface area contributed by atoms with Gasteiger partial charge in [-0.1, -0.05) is 54.6 Å². The molecule has 176 valence electrons. The number of H-pyrrole nitrogens is 1. The van der Waals surface area contributed by atoms with E-state index in [1.165, 1.54) is 5.69 Å². The van der Waals surface area contributed by atoms with Crippen molar-refractivity contribution in [2.75, 3.05) is 31.1 Å². The van der Waals surface area contributed by atoms with Crippen LogP contribution in [-0.2, 0) is 4.79 Å². The molecule has 6 nitrogen and oxygen atoms in total. The molecule has 3 aromatic carbocycles. The molecule has 2 aliphatic heterocycles. The Morgan fingerprint density at radius 1 is 0.857 bits per heavy atom. The van der Waals surface area contributed by atoms with Crippen LogP contribution in [-0.4, -0.2) is 58.8 Å². The largest absolute Gasteiger partial charge is 0.368 e. The van der Waals surface area contributed by atoms with E-state index in [1.54, 1.807) is 4.90 Å². The lowest BCUT2D eigenvalue weighted by Crippen LogP contribution is -2.54. The molecule has 6 rings (SSSR count). The molecule has 0 bridgehead atoms. The third-order valence-corrected chi connectivity index (χ3v) is 7.40. The van der Waals surface area contributed by atoms with E-state index < -0.39 is 6.04 Å². The number of benzene rings is 3. The first-order chi connectivity index (χ1) is 17.1. The van der Waals surface area contributed by atoms with E-state index in [0.29, 0.717) is 18.7 Å². The number of hydrogen-bond acceptors (Lipinski definition) is 3. The lowest BCUT2D eigenvalue weighted by atomic mass is 9.97. The van der Waals surface area contributed by atoms with Gasteiger partial charge < -0.3 is 19.7 Å². The molecular formula is C29H28N4O2. The van der Waals surface area contributed by atoms with Gasteiger partial charge in [-0.15, -0.1) is 0 Å². The van der Waals surface area contributed by atoms with E-state index in [1.807, 2.05) is 78.7 Å². The average molecular weight is 465 g/mol. The summed E-state index contributed by atoms with van der Waals surface area (Å²) >= 11 is 0. The number of fused-ring (bicyclic) bond motifs is 2. The molecular weight excluding hydrogens is 436 g/mol. The summed E-state index contributed by atoms with van der Waals surface area (Å²) in [7, 11) is 0. The zero-order valence-electron chi connectivity index (χ0n) is 19.7. The minimum atomic E-state index is -0.572. The Hall–Kier alpha value is -4.06. The second kappa shape index (κ2) is 8.62. The normalized spacial score (nSPS) is 18.7. The molecule has 6 heteroatoms. The number of amides is 2. The Bertz CT molecular complexity index is 1390. The number of aromatic nitrogens is 1. The van der Waals surface area contributed by atoms with Crippen molar-refractivity contribution in [3.05, 3.63) is 102 Å². The lowest BCUT2D eigenvalue weighted by Gasteiger charge is -2.39. The Morgan fingerprint density at radius 3 is 2.34 bits per heavy atom. The number of rotatable bonds is 4. The number of hydrogen-bond donors (Lipinski definition) is 1. The van der Waals surface area contributed by atoms with E-state index in [0.717, 1.165) is 35.1 Å². The minimum Gasteiger partial charge on any atom is -0.368 e. The Balaban J connectivity index is 1.29. The maximum atomic E-state index is 13.7. The molecule has 1 fully saturated rings. The van der Waals surface area contributed by atoms with Crippen molar-refractivity contribution in [3.8, 4) is 0 Å². The van der Waals surface area contributed by atoms with Gasteiger partial charge >= 0.3 is 0 Å². The number of nitrogens with zero attached hydrogens (tertiary/aromatic N) is 3. The molecule has 0 aliphatic carbocycles. The third-order valence-electron chi connectivity index (χ3n) is 7.40. The summed E-state index contributed by atoms with van der Waals surface area (Å²) in [5.41, 5.74) is 4.85. The van der Waals surface area contributed by atoms with Crippen LogP contribution >= 0.6 is 0 Å². The van der Waals surface area contributed by atoms with Crippen LogP contribution < -0.4 is 4.90 Å². The van der Waals surface area contributed by atoms with E-state index in [2.05, 4.69) is 28.1 Å². The monoisotopic (exact) mass is 464 g/mol. The molecule has 0 saturated carbocycles. The van der Waals surface area contributed by atoms with Gasteiger partial charge in [0.15, 0.2) is 0 Å². The molecule has 2 aliphatic rings. The number of nitrogens with one attached hydrogen (secondary N) is 1. The van der Waals surface area contributed by atoms with Crippen LogP contribution in [0.15, 0.2) is 85.1 Å². The molecule has 0 spiro atoms. The van der Waals surface area contributed by atoms with Crippen LogP contribution in [0.4, 0.5) is 5.69 Å². The zero-order chi connectivity index (χ0) is 23.9. The van der Waals surface area contributed by atoms with Gasteiger partial charge in [-0.25, -0.2) is 0 Å². The molecule has 0 unspecified atom stereocenters. The zero-order valence-corrected chi connectivity index (χ0v) is 19.7. The molecule has 2 amide bonds. The van der Waals surface area contributed by atoms with Crippen molar-refractivity contribution >= 4 is 28.4 Å². The number of para-hydroxylation sites is 2. The second-order valence-electron chi connectivity index (χ2n) is 9.32. The summed E-state index contributed by atoms with van der Waals surface area (Å²) in [5, 5.41) is 1.07. The van der Waals surface area contributed by atoms with Crippen molar-refractivity contribution in [3.63, 3.8) is 0 Å². The quantitative estimate of drug-likeness (QED) is 0.486. The lowest BCUT2D eigenvalue weighted by molar-refractivity contribution is -0.136. The number of carbonyl (C=O) groups excluding carboxylic acids is 2. The van der Waals surface area contributed by atoms with Crippen LogP contribution in [0.5, 0.6) is 0 Å². The number of carbonyl (C=O) groups is 2. The van der Waals surface area contributed by atoms with Crippen molar-refractivity contribution in [2.45, 2.75) is 19.0 Å². The van der Waals surface area contributed by atoms with Gasteiger partial charge in [-0.2, -0.15) is 0 Å². The van der Waals surface area contributed by atoms with Gasteiger partial charge in [-0.05, 0) is 36.8 Å².